The van der Waals surface area contributed by atoms with E-state index in [1.807, 2.05) is 38.1 Å². The molecule has 0 unspecified atom stereocenters. The molecule has 1 rings (SSSR count). The Morgan fingerprint density at radius 3 is 2.70 bits per heavy atom. The van der Waals surface area contributed by atoms with Gasteiger partial charge in [-0.3, -0.25) is 4.79 Å². The number of thioether (sulfide) groups is 1. The van der Waals surface area contributed by atoms with Gasteiger partial charge in [0.1, 0.15) is 0 Å². The Balaban J connectivity index is 2.04. The fraction of sp³-hybridized carbons (Fsp3) is 0.533. The van der Waals surface area contributed by atoms with E-state index in [0.717, 1.165) is 17.2 Å². The molecule has 0 bridgehead atoms. The van der Waals surface area contributed by atoms with Crippen LogP contribution in [0.1, 0.15) is 25.8 Å². The highest BCUT2D eigenvalue weighted by Crippen LogP contribution is 2.15. The lowest BCUT2D eigenvalue weighted by Crippen LogP contribution is -2.27. The molecule has 0 radical (unpaired) electrons. The zero-order valence-corrected chi connectivity index (χ0v) is 13.6. The van der Waals surface area contributed by atoms with E-state index in [-0.39, 0.29) is 12.0 Å². The van der Waals surface area contributed by atoms with Gasteiger partial charge in [-0.05, 0) is 38.0 Å². The molecule has 0 atom stereocenters. The third-order valence-corrected chi connectivity index (χ3v) is 3.77. The largest absolute Gasteiger partial charge is 0.379 e. The number of hydrogen-bond donors (Lipinski definition) is 1. The molecule has 112 valence electrons. The number of carbonyl (C=O) groups excluding carboxylic acids is 1. The Kier molecular flexibility index (Phi) is 8.74. The molecule has 0 aliphatic rings. The van der Waals surface area contributed by atoms with Gasteiger partial charge in [-0.2, -0.15) is 0 Å². The minimum Gasteiger partial charge on any atom is -0.379 e. The van der Waals surface area contributed by atoms with Crippen LogP contribution in [0.5, 0.6) is 0 Å². The van der Waals surface area contributed by atoms with Crippen LogP contribution in [0, 0.1) is 0 Å². The first kappa shape index (κ1) is 17.3. The second-order valence-electron chi connectivity index (χ2n) is 4.74. The molecule has 1 amide bonds. The van der Waals surface area contributed by atoms with Crippen LogP contribution < -0.4 is 5.32 Å². The van der Waals surface area contributed by atoms with Crippen molar-refractivity contribution in [3.8, 4) is 0 Å². The van der Waals surface area contributed by atoms with Crippen molar-refractivity contribution in [2.75, 3.05) is 18.9 Å². The van der Waals surface area contributed by atoms with E-state index >= 15 is 0 Å². The summed E-state index contributed by atoms with van der Waals surface area (Å²) < 4.78 is 5.40. The monoisotopic (exact) mass is 315 g/mol. The fourth-order valence-corrected chi connectivity index (χ4v) is 2.46. The summed E-state index contributed by atoms with van der Waals surface area (Å²) >= 11 is 7.42. The lowest BCUT2D eigenvalue weighted by molar-refractivity contribution is -0.118. The van der Waals surface area contributed by atoms with E-state index in [2.05, 4.69) is 5.32 Å². The number of benzene rings is 1. The molecule has 1 N–H and O–H groups in total. The number of amides is 1. The topological polar surface area (TPSA) is 38.3 Å². The lowest BCUT2D eigenvalue weighted by Gasteiger charge is -2.08. The predicted octanol–water partition coefficient (Wildman–Crippen LogP) is 3.50. The molecule has 0 heterocycles. The van der Waals surface area contributed by atoms with Crippen molar-refractivity contribution >= 4 is 29.3 Å². The molecule has 0 fully saturated rings. The Bertz CT molecular complexity index is 395. The van der Waals surface area contributed by atoms with Crippen LogP contribution in [0.4, 0.5) is 0 Å². The molecule has 0 aromatic heterocycles. The first-order chi connectivity index (χ1) is 9.58. The molecule has 0 aliphatic heterocycles. The Labute approximate surface area is 130 Å². The molecular weight excluding hydrogens is 294 g/mol. The lowest BCUT2D eigenvalue weighted by atomic mass is 10.2. The fourth-order valence-electron chi connectivity index (χ4n) is 1.51. The zero-order valence-electron chi connectivity index (χ0n) is 12.0. The Hall–Kier alpha value is -0.710. The average Bonchev–Trinajstić information content (AvgIpc) is 2.40. The normalized spacial score (nSPS) is 10.8. The van der Waals surface area contributed by atoms with E-state index < -0.39 is 0 Å². The van der Waals surface area contributed by atoms with Crippen molar-refractivity contribution in [3.05, 3.63) is 34.9 Å². The number of nitrogens with one attached hydrogen (secondary N) is 1. The summed E-state index contributed by atoms with van der Waals surface area (Å²) in [5, 5.41) is 3.63. The van der Waals surface area contributed by atoms with E-state index in [4.69, 9.17) is 16.3 Å². The van der Waals surface area contributed by atoms with E-state index in [1.165, 1.54) is 5.56 Å². The highest BCUT2D eigenvalue weighted by atomic mass is 35.5. The highest BCUT2D eigenvalue weighted by molar-refractivity contribution is 7.99. The number of hydrogen-bond acceptors (Lipinski definition) is 3. The molecule has 1 aromatic rings. The standard InChI is InChI=1S/C15H22ClNO2S/c1-12(2)19-9-3-8-17-15(18)11-20-10-13-4-6-14(16)7-5-13/h4-7,12H,3,8-11H2,1-2H3,(H,17,18). The van der Waals surface area contributed by atoms with Crippen LogP contribution in [-0.2, 0) is 15.3 Å². The second-order valence-corrected chi connectivity index (χ2v) is 6.16. The molecule has 0 saturated carbocycles. The Morgan fingerprint density at radius 1 is 1.35 bits per heavy atom. The summed E-state index contributed by atoms with van der Waals surface area (Å²) in [4.78, 5) is 11.6. The van der Waals surface area contributed by atoms with E-state index in [0.29, 0.717) is 18.9 Å². The quantitative estimate of drug-likeness (QED) is 0.709. The van der Waals surface area contributed by atoms with Crippen molar-refractivity contribution in [1.29, 1.82) is 0 Å². The molecule has 1 aromatic carbocycles. The number of halogens is 1. The van der Waals surface area contributed by atoms with Gasteiger partial charge in [-0.15, -0.1) is 11.8 Å². The number of carbonyl (C=O) groups is 1. The van der Waals surface area contributed by atoms with Gasteiger partial charge in [0.05, 0.1) is 11.9 Å². The van der Waals surface area contributed by atoms with E-state index in [9.17, 15) is 4.79 Å². The van der Waals surface area contributed by atoms with Crippen molar-refractivity contribution in [2.24, 2.45) is 0 Å². The van der Waals surface area contributed by atoms with Crippen LogP contribution in [0.25, 0.3) is 0 Å². The maximum atomic E-state index is 11.6. The SMILES string of the molecule is CC(C)OCCCNC(=O)CSCc1ccc(Cl)cc1. The molecular formula is C15H22ClNO2S. The first-order valence-corrected chi connectivity index (χ1v) is 8.31. The summed E-state index contributed by atoms with van der Waals surface area (Å²) in [7, 11) is 0. The van der Waals surface area contributed by atoms with Crippen LogP contribution in [0.15, 0.2) is 24.3 Å². The van der Waals surface area contributed by atoms with Gasteiger partial charge in [0.25, 0.3) is 0 Å². The number of ether oxygens (including phenoxy) is 1. The summed E-state index contributed by atoms with van der Waals surface area (Å²) in [6.45, 7) is 5.38. The summed E-state index contributed by atoms with van der Waals surface area (Å²) in [5.74, 6) is 1.38. The summed E-state index contributed by atoms with van der Waals surface area (Å²) in [5.41, 5.74) is 1.18. The van der Waals surface area contributed by atoms with Gasteiger partial charge in [-0.1, -0.05) is 23.7 Å². The van der Waals surface area contributed by atoms with Gasteiger partial charge in [0, 0.05) is 23.9 Å². The highest BCUT2D eigenvalue weighted by Gasteiger charge is 2.02. The summed E-state index contributed by atoms with van der Waals surface area (Å²) in [6.07, 6.45) is 1.10. The van der Waals surface area contributed by atoms with Crippen LogP contribution in [0.2, 0.25) is 5.02 Å². The van der Waals surface area contributed by atoms with Crippen LogP contribution in [0.3, 0.4) is 0 Å². The second kappa shape index (κ2) is 10.1. The Morgan fingerprint density at radius 2 is 2.05 bits per heavy atom. The third-order valence-electron chi connectivity index (χ3n) is 2.51. The minimum atomic E-state index is 0.0773. The van der Waals surface area contributed by atoms with Crippen molar-refractivity contribution in [1.82, 2.24) is 5.32 Å². The molecule has 3 nitrogen and oxygen atoms in total. The maximum Gasteiger partial charge on any atom is 0.230 e. The predicted molar refractivity (Wildman–Crippen MR) is 86.3 cm³/mol. The summed E-state index contributed by atoms with van der Waals surface area (Å²) in [6, 6.07) is 7.70. The first-order valence-electron chi connectivity index (χ1n) is 6.78. The third kappa shape index (κ3) is 8.46. The average molecular weight is 316 g/mol. The van der Waals surface area contributed by atoms with Gasteiger partial charge in [-0.25, -0.2) is 0 Å². The molecule has 0 aliphatic carbocycles. The minimum absolute atomic E-state index is 0.0773. The van der Waals surface area contributed by atoms with Gasteiger partial charge in [0.2, 0.25) is 5.91 Å². The zero-order chi connectivity index (χ0) is 14.8. The van der Waals surface area contributed by atoms with Crippen molar-refractivity contribution in [2.45, 2.75) is 32.1 Å². The van der Waals surface area contributed by atoms with Crippen LogP contribution in [-0.4, -0.2) is 30.9 Å². The van der Waals surface area contributed by atoms with E-state index in [1.54, 1.807) is 11.8 Å². The smallest absolute Gasteiger partial charge is 0.230 e. The maximum absolute atomic E-state index is 11.6. The van der Waals surface area contributed by atoms with Crippen molar-refractivity contribution < 1.29 is 9.53 Å². The van der Waals surface area contributed by atoms with Gasteiger partial charge < -0.3 is 10.1 Å². The van der Waals surface area contributed by atoms with Crippen molar-refractivity contribution in [3.63, 3.8) is 0 Å². The number of rotatable bonds is 9. The van der Waals surface area contributed by atoms with Gasteiger partial charge in [0.15, 0.2) is 0 Å². The van der Waals surface area contributed by atoms with Gasteiger partial charge >= 0.3 is 0 Å². The molecule has 0 spiro atoms. The molecule has 0 saturated heterocycles. The molecule has 5 heteroatoms. The molecule has 20 heavy (non-hydrogen) atoms. The van der Waals surface area contributed by atoms with Crippen LogP contribution >= 0.6 is 23.4 Å².